The van der Waals surface area contributed by atoms with E-state index in [1.807, 2.05) is 12.4 Å². The molecule has 2 heteroatoms. The van der Waals surface area contributed by atoms with E-state index in [2.05, 4.69) is 29.2 Å². The van der Waals surface area contributed by atoms with Crippen molar-refractivity contribution in [1.29, 1.82) is 0 Å². The van der Waals surface area contributed by atoms with Crippen molar-refractivity contribution < 1.29 is 0 Å². The maximum atomic E-state index is 6.47. The molecule has 2 N–H and O–H groups in total. The minimum absolute atomic E-state index is 0.161. The van der Waals surface area contributed by atoms with Crippen molar-refractivity contribution in [2.24, 2.45) is 11.7 Å². The lowest BCUT2D eigenvalue weighted by atomic mass is 9.83. The summed E-state index contributed by atoms with van der Waals surface area (Å²) in [6.45, 7) is 0. The van der Waals surface area contributed by atoms with Crippen LogP contribution in [0.2, 0.25) is 0 Å². The molecule has 1 atom stereocenters. The first-order valence-corrected chi connectivity index (χ1v) is 7.43. The van der Waals surface area contributed by atoms with Gasteiger partial charge in [0.1, 0.15) is 0 Å². The maximum absolute atomic E-state index is 6.47. The molecule has 0 bridgehead atoms. The smallest absolute Gasteiger partial charge is 0.0346 e. The highest BCUT2D eigenvalue weighted by molar-refractivity contribution is 5.85. The van der Waals surface area contributed by atoms with Gasteiger partial charge in [-0.05, 0) is 29.4 Å². The first kappa shape index (κ1) is 12.6. The number of hydrogen-bond donors (Lipinski definition) is 1. The van der Waals surface area contributed by atoms with Crippen LogP contribution in [0.1, 0.15) is 50.1 Å². The predicted molar refractivity (Wildman–Crippen MR) is 79.9 cm³/mol. The SMILES string of the molecule is NC(CC1CCCCC1)c1cccc2cnccc12. The van der Waals surface area contributed by atoms with Crippen LogP contribution in [0.25, 0.3) is 10.8 Å². The van der Waals surface area contributed by atoms with Gasteiger partial charge in [0.15, 0.2) is 0 Å². The number of nitrogens with zero attached hydrogens (tertiary/aromatic N) is 1. The number of rotatable bonds is 3. The third-order valence-electron chi connectivity index (χ3n) is 4.43. The van der Waals surface area contributed by atoms with Gasteiger partial charge in [-0.3, -0.25) is 4.98 Å². The Balaban J connectivity index is 1.82. The molecule has 1 aliphatic carbocycles. The van der Waals surface area contributed by atoms with Crippen molar-refractivity contribution >= 4 is 10.8 Å². The van der Waals surface area contributed by atoms with Crippen molar-refractivity contribution in [2.75, 3.05) is 0 Å². The summed E-state index contributed by atoms with van der Waals surface area (Å²) < 4.78 is 0. The maximum Gasteiger partial charge on any atom is 0.0346 e. The quantitative estimate of drug-likeness (QED) is 0.891. The van der Waals surface area contributed by atoms with Crippen LogP contribution in [-0.4, -0.2) is 4.98 Å². The van der Waals surface area contributed by atoms with E-state index in [9.17, 15) is 0 Å². The van der Waals surface area contributed by atoms with Crippen LogP contribution in [-0.2, 0) is 0 Å². The van der Waals surface area contributed by atoms with E-state index < -0.39 is 0 Å². The van der Waals surface area contributed by atoms with Crippen LogP contribution in [0.3, 0.4) is 0 Å². The Kier molecular flexibility index (Phi) is 3.79. The van der Waals surface area contributed by atoms with Crippen LogP contribution in [0.5, 0.6) is 0 Å². The summed E-state index contributed by atoms with van der Waals surface area (Å²) in [7, 11) is 0. The topological polar surface area (TPSA) is 38.9 Å². The van der Waals surface area contributed by atoms with Gasteiger partial charge in [-0.1, -0.05) is 50.3 Å². The van der Waals surface area contributed by atoms with Gasteiger partial charge in [-0.25, -0.2) is 0 Å². The molecule has 0 spiro atoms. The molecule has 2 nitrogen and oxygen atoms in total. The molecule has 1 saturated carbocycles. The van der Waals surface area contributed by atoms with Crippen molar-refractivity contribution in [3.63, 3.8) is 0 Å². The van der Waals surface area contributed by atoms with Crippen LogP contribution < -0.4 is 5.73 Å². The summed E-state index contributed by atoms with van der Waals surface area (Å²) in [6, 6.07) is 8.63. The molecule has 0 aliphatic heterocycles. The van der Waals surface area contributed by atoms with Crippen LogP contribution in [0, 0.1) is 5.92 Å². The fraction of sp³-hybridized carbons (Fsp3) is 0.471. The van der Waals surface area contributed by atoms with Gasteiger partial charge >= 0.3 is 0 Å². The predicted octanol–water partition coefficient (Wildman–Crippen LogP) is 4.21. The van der Waals surface area contributed by atoms with Gasteiger partial charge in [0.25, 0.3) is 0 Å². The molecular formula is C17H22N2. The summed E-state index contributed by atoms with van der Waals surface area (Å²) in [5.74, 6) is 0.820. The largest absolute Gasteiger partial charge is 0.324 e. The first-order valence-electron chi connectivity index (χ1n) is 7.43. The number of aromatic nitrogens is 1. The zero-order valence-corrected chi connectivity index (χ0v) is 11.4. The lowest BCUT2D eigenvalue weighted by molar-refractivity contribution is 0.319. The van der Waals surface area contributed by atoms with Crippen molar-refractivity contribution in [3.05, 3.63) is 42.2 Å². The normalized spacial score (nSPS) is 18.6. The zero-order valence-electron chi connectivity index (χ0n) is 11.4. The second-order valence-electron chi connectivity index (χ2n) is 5.79. The minimum atomic E-state index is 0.161. The molecule has 0 amide bonds. The number of fused-ring (bicyclic) bond motifs is 1. The summed E-state index contributed by atoms with van der Waals surface area (Å²) in [5.41, 5.74) is 7.75. The lowest BCUT2D eigenvalue weighted by Gasteiger charge is -2.25. The van der Waals surface area contributed by atoms with Crippen LogP contribution in [0.4, 0.5) is 0 Å². The molecule has 1 aromatic carbocycles. The Morgan fingerprint density at radius 3 is 2.84 bits per heavy atom. The zero-order chi connectivity index (χ0) is 13.1. The Morgan fingerprint density at radius 1 is 1.16 bits per heavy atom. The number of hydrogen-bond acceptors (Lipinski definition) is 2. The average Bonchev–Trinajstić information content (AvgIpc) is 2.47. The molecule has 19 heavy (non-hydrogen) atoms. The second kappa shape index (κ2) is 5.70. The van der Waals surface area contributed by atoms with Crippen molar-refractivity contribution in [1.82, 2.24) is 4.98 Å². The highest BCUT2D eigenvalue weighted by Crippen LogP contribution is 2.32. The van der Waals surface area contributed by atoms with Crippen LogP contribution in [0.15, 0.2) is 36.7 Å². The Labute approximate surface area is 115 Å². The fourth-order valence-electron chi connectivity index (χ4n) is 3.38. The van der Waals surface area contributed by atoms with Gasteiger partial charge in [0.05, 0.1) is 0 Å². The molecule has 1 heterocycles. The first-order chi connectivity index (χ1) is 9.34. The van der Waals surface area contributed by atoms with E-state index in [1.54, 1.807) is 0 Å². The summed E-state index contributed by atoms with van der Waals surface area (Å²) in [6.07, 6.45) is 11.8. The number of benzene rings is 1. The summed E-state index contributed by atoms with van der Waals surface area (Å²) in [5, 5.41) is 2.46. The van der Waals surface area contributed by atoms with E-state index in [0.29, 0.717) is 0 Å². The summed E-state index contributed by atoms with van der Waals surface area (Å²) >= 11 is 0. The minimum Gasteiger partial charge on any atom is -0.324 e. The standard InChI is InChI=1S/C17H22N2/c18-17(11-13-5-2-1-3-6-13)16-8-4-7-14-12-19-10-9-15(14)16/h4,7-10,12-13,17H,1-3,5-6,11,18H2. The molecule has 0 radical (unpaired) electrons. The average molecular weight is 254 g/mol. The van der Waals surface area contributed by atoms with Gasteiger partial charge in [-0.15, -0.1) is 0 Å². The second-order valence-corrected chi connectivity index (χ2v) is 5.79. The molecule has 1 aliphatic rings. The molecule has 1 fully saturated rings. The van der Waals surface area contributed by atoms with E-state index in [1.165, 1.54) is 48.4 Å². The molecule has 1 unspecified atom stereocenters. The lowest BCUT2D eigenvalue weighted by Crippen LogP contribution is -2.17. The molecule has 0 saturated heterocycles. The highest BCUT2D eigenvalue weighted by Gasteiger charge is 2.18. The van der Waals surface area contributed by atoms with Crippen LogP contribution >= 0.6 is 0 Å². The Hall–Kier alpha value is -1.41. The van der Waals surface area contributed by atoms with E-state index >= 15 is 0 Å². The van der Waals surface area contributed by atoms with E-state index in [-0.39, 0.29) is 6.04 Å². The van der Waals surface area contributed by atoms with Gasteiger partial charge in [-0.2, -0.15) is 0 Å². The highest BCUT2D eigenvalue weighted by atomic mass is 14.6. The molecule has 1 aromatic heterocycles. The van der Waals surface area contributed by atoms with Gasteiger partial charge in [0.2, 0.25) is 0 Å². The fourth-order valence-corrected chi connectivity index (χ4v) is 3.38. The Morgan fingerprint density at radius 2 is 2.00 bits per heavy atom. The van der Waals surface area contributed by atoms with E-state index in [4.69, 9.17) is 5.73 Å². The summed E-state index contributed by atoms with van der Waals surface area (Å²) in [4.78, 5) is 4.19. The molecular weight excluding hydrogens is 232 g/mol. The van der Waals surface area contributed by atoms with Crippen molar-refractivity contribution in [2.45, 2.75) is 44.6 Å². The van der Waals surface area contributed by atoms with Crippen molar-refractivity contribution in [3.8, 4) is 0 Å². The molecule has 100 valence electrons. The van der Waals surface area contributed by atoms with Gasteiger partial charge < -0.3 is 5.73 Å². The Bertz CT molecular complexity index is 538. The van der Waals surface area contributed by atoms with E-state index in [0.717, 1.165) is 12.3 Å². The molecule has 2 aromatic rings. The third kappa shape index (κ3) is 2.79. The monoisotopic (exact) mass is 254 g/mol. The number of nitrogens with two attached hydrogens (primary N) is 1. The number of pyridine rings is 1. The third-order valence-corrected chi connectivity index (χ3v) is 4.43. The molecule has 3 rings (SSSR count). The van der Waals surface area contributed by atoms with Gasteiger partial charge in [0, 0.05) is 23.8 Å².